The second kappa shape index (κ2) is 12.8. The Bertz CT molecular complexity index is 1140. The molecule has 1 aromatic heterocycles. The van der Waals surface area contributed by atoms with Crippen LogP contribution >= 0.6 is 0 Å². The summed E-state index contributed by atoms with van der Waals surface area (Å²) in [4.78, 5) is 32.4. The molecule has 1 heterocycles. The van der Waals surface area contributed by atoms with Crippen LogP contribution in [0.1, 0.15) is 49.3 Å². The van der Waals surface area contributed by atoms with E-state index in [1.54, 1.807) is 32.4 Å². The number of carbonyl (C=O) groups excluding carboxylic acids is 2. The molecular formula is C27H36N4O4. The van der Waals surface area contributed by atoms with Crippen molar-refractivity contribution in [2.75, 3.05) is 33.9 Å². The molecule has 3 aromatic rings. The fraction of sp³-hybridized carbons (Fsp3) is 0.444. The topological polar surface area (TPSA) is 85.7 Å². The number of aryl methyl sites for hydroxylation is 1. The zero-order chi connectivity index (χ0) is 25.2. The third-order valence-electron chi connectivity index (χ3n) is 5.88. The molecule has 0 saturated carbocycles. The van der Waals surface area contributed by atoms with Gasteiger partial charge in [-0.3, -0.25) is 9.59 Å². The van der Waals surface area contributed by atoms with E-state index in [2.05, 4.69) is 19.2 Å². The quantitative estimate of drug-likeness (QED) is 0.373. The van der Waals surface area contributed by atoms with E-state index in [1.165, 1.54) is 0 Å². The lowest BCUT2D eigenvalue weighted by molar-refractivity contribution is -0.131. The van der Waals surface area contributed by atoms with E-state index >= 15 is 0 Å². The van der Waals surface area contributed by atoms with Crippen LogP contribution in [0.15, 0.2) is 42.5 Å². The molecule has 8 nitrogen and oxygen atoms in total. The third kappa shape index (κ3) is 6.53. The average molecular weight is 481 g/mol. The summed E-state index contributed by atoms with van der Waals surface area (Å²) >= 11 is 0. The van der Waals surface area contributed by atoms with E-state index in [4.69, 9.17) is 14.5 Å². The molecule has 0 spiro atoms. The van der Waals surface area contributed by atoms with Crippen LogP contribution in [0.4, 0.5) is 0 Å². The SMILES string of the molecule is CCCN(CCC)C(=O)Cn1c(CCCNC(=O)c2ccc(OC)c(OC)c2)nc2ccccc21. The number of amides is 2. The lowest BCUT2D eigenvalue weighted by Gasteiger charge is -2.22. The number of hydrogen-bond acceptors (Lipinski definition) is 5. The van der Waals surface area contributed by atoms with Gasteiger partial charge in [0, 0.05) is 31.6 Å². The van der Waals surface area contributed by atoms with Gasteiger partial charge in [-0.15, -0.1) is 0 Å². The maximum atomic E-state index is 13.1. The Morgan fingerprint density at radius 1 is 1.00 bits per heavy atom. The van der Waals surface area contributed by atoms with Gasteiger partial charge in [0.25, 0.3) is 5.91 Å². The maximum Gasteiger partial charge on any atom is 0.251 e. The first-order valence-electron chi connectivity index (χ1n) is 12.2. The molecular weight excluding hydrogens is 444 g/mol. The van der Waals surface area contributed by atoms with Crippen molar-refractivity contribution in [1.29, 1.82) is 0 Å². The van der Waals surface area contributed by atoms with Crippen molar-refractivity contribution in [3.63, 3.8) is 0 Å². The number of rotatable bonds is 13. The van der Waals surface area contributed by atoms with Gasteiger partial charge in [0.15, 0.2) is 11.5 Å². The van der Waals surface area contributed by atoms with Gasteiger partial charge in [-0.1, -0.05) is 26.0 Å². The zero-order valence-electron chi connectivity index (χ0n) is 21.2. The summed E-state index contributed by atoms with van der Waals surface area (Å²) in [6.07, 6.45) is 3.21. The molecule has 0 saturated heterocycles. The van der Waals surface area contributed by atoms with Gasteiger partial charge < -0.3 is 24.3 Å². The summed E-state index contributed by atoms with van der Waals surface area (Å²) in [6.45, 7) is 6.46. The highest BCUT2D eigenvalue weighted by Crippen LogP contribution is 2.27. The molecule has 3 rings (SSSR count). The number of nitrogens with one attached hydrogen (secondary N) is 1. The molecule has 2 amide bonds. The van der Waals surface area contributed by atoms with Gasteiger partial charge in [-0.25, -0.2) is 4.98 Å². The van der Waals surface area contributed by atoms with Gasteiger partial charge in [0.1, 0.15) is 12.4 Å². The normalized spacial score (nSPS) is 10.9. The van der Waals surface area contributed by atoms with E-state index in [-0.39, 0.29) is 18.4 Å². The number of para-hydroxylation sites is 2. The lowest BCUT2D eigenvalue weighted by Crippen LogP contribution is -2.35. The molecule has 0 fully saturated rings. The van der Waals surface area contributed by atoms with E-state index < -0.39 is 0 Å². The van der Waals surface area contributed by atoms with Crippen molar-refractivity contribution in [3.05, 3.63) is 53.9 Å². The number of benzene rings is 2. The Kier molecular flexibility index (Phi) is 9.52. The minimum Gasteiger partial charge on any atom is -0.493 e. The number of ether oxygens (including phenoxy) is 2. The zero-order valence-corrected chi connectivity index (χ0v) is 21.2. The number of methoxy groups -OCH3 is 2. The summed E-state index contributed by atoms with van der Waals surface area (Å²) in [5, 5.41) is 2.96. The summed E-state index contributed by atoms with van der Waals surface area (Å²) in [7, 11) is 3.10. The highest BCUT2D eigenvalue weighted by atomic mass is 16.5. The second-order valence-electron chi connectivity index (χ2n) is 8.41. The number of aromatic nitrogens is 2. The highest BCUT2D eigenvalue weighted by Gasteiger charge is 2.18. The number of imidazole rings is 1. The number of fused-ring (bicyclic) bond motifs is 1. The van der Waals surface area contributed by atoms with Gasteiger partial charge in [0.2, 0.25) is 5.91 Å². The van der Waals surface area contributed by atoms with E-state index in [0.29, 0.717) is 36.4 Å². The van der Waals surface area contributed by atoms with Gasteiger partial charge in [0.05, 0.1) is 25.3 Å². The molecule has 0 atom stereocenters. The van der Waals surface area contributed by atoms with Crippen LogP contribution in [0.5, 0.6) is 11.5 Å². The van der Waals surface area contributed by atoms with E-state index in [1.807, 2.05) is 33.7 Å². The summed E-state index contributed by atoms with van der Waals surface area (Å²) in [5.41, 5.74) is 2.34. The Hall–Kier alpha value is -3.55. The van der Waals surface area contributed by atoms with E-state index in [0.717, 1.165) is 42.8 Å². The molecule has 0 aliphatic rings. The smallest absolute Gasteiger partial charge is 0.251 e. The third-order valence-corrected chi connectivity index (χ3v) is 5.88. The van der Waals surface area contributed by atoms with Crippen LogP contribution < -0.4 is 14.8 Å². The van der Waals surface area contributed by atoms with Crippen molar-refractivity contribution < 1.29 is 19.1 Å². The fourth-order valence-corrected chi connectivity index (χ4v) is 4.16. The van der Waals surface area contributed by atoms with Crippen molar-refractivity contribution in [2.24, 2.45) is 0 Å². The first-order chi connectivity index (χ1) is 17.0. The van der Waals surface area contributed by atoms with Gasteiger partial charge >= 0.3 is 0 Å². The summed E-state index contributed by atoms with van der Waals surface area (Å²) in [5.74, 6) is 1.88. The monoisotopic (exact) mass is 480 g/mol. The van der Waals surface area contributed by atoms with E-state index in [9.17, 15) is 9.59 Å². The predicted octanol–water partition coefficient (Wildman–Crippen LogP) is 4.06. The summed E-state index contributed by atoms with van der Waals surface area (Å²) in [6, 6.07) is 13.0. The second-order valence-corrected chi connectivity index (χ2v) is 8.41. The van der Waals surface area contributed by atoms with Crippen molar-refractivity contribution in [2.45, 2.75) is 46.1 Å². The molecule has 2 aromatic carbocycles. The van der Waals surface area contributed by atoms with Crippen LogP contribution in [0.25, 0.3) is 11.0 Å². The standard InChI is InChI=1S/C27H36N4O4/c1-5-16-30(17-6-2)26(32)19-31-22-11-8-7-10-21(22)29-25(31)12-9-15-28-27(33)20-13-14-23(34-3)24(18-20)35-4/h7-8,10-11,13-14,18H,5-6,9,12,15-17,19H2,1-4H3,(H,28,33). The fourth-order valence-electron chi connectivity index (χ4n) is 4.16. The first kappa shape index (κ1) is 26.1. The van der Waals surface area contributed by atoms with Crippen molar-refractivity contribution >= 4 is 22.8 Å². The lowest BCUT2D eigenvalue weighted by atomic mass is 10.2. The van der Waals surface area contributed by atoms with Crippen molar-refractivity contribution in [1.82, 2.24) is 19.8 Å². The molecule has 35 heavy (non-hydrogen) atoms. The maximum absolute atomic E-state index is 13.1. The first-order valence-corrected chi connectivity index (χ1v) is 12.2. The molecule has 0 aliphatic heterocycles. The number of hydrogen-bond donors (Lipinski definition) is 1. The van der Waals surface area contributed by atoms with Crippen LogP contribution in [0, 0.1) is 0 Å². The predicted molar refractivity (Wildman–Crippen MR) is 137 cm³/mol. The molecule has 1 N–H and O–H groups in total. The van der Waals surface area contributed by atoms with Crippen LogP contribution in [-0.4, -0.2) is 60.1 Å². The molecule has 0 aliphatic carbocycles. The Labute approximate surface area is 207 Å². The van der Waals surface area contributed by atoms with Crippen LogP contribution in [-0.2, 0) is 17.8 Å². The van der Waals surface area contributed by atoms with Crippen LogP contribution in [0.3, 0.4) is 0 Å². The number of carbonyl (C=O) groups is 2. The Balaban J connectivity index is 1.66. The average Bonchev–Trinajstić information content (AvgIpc) is 3.22. The van der Waals surface area contributed by atoms with Gasteiger partial charge in [-0.05, 0) is 49.6 Å². The Morgan fingerprint density at radius 2 is 1.71 bits per heavy atom. The molecule has 8 heteroatoms. The number of nitrogens with zero attached hydrogens (tertiary/aromatic N) is 3. The minimum atomic E-state index is -0.176. The van der Waals surface area contributed by atoms with Crippen LogP contribution in [0.2, 0.25) is 0 Å². The minimum absolute atomic E-state index is 0.111. The highest BCUT2D eigenvalue weighted by molar-refractivity contribution is 5.94. The summed E-state index contributed by atoms with van der Waals surface area (Å²) < 4.78 is 12.5. The Morgan fingerprint density at radius 3 is 2.40 bits per heavy atom. The molecule has 188 valence electrons. The molecule has 0 radical (unpaired) electrons. The largest absolute Gasteiger partial charge is 0.493 e. The molecule has 0 unspecified atom stereocenters. The molecule has 0 bridgehead atoms. The van der Waals surface area contributed by atoms with Crippen molar-refractivity contribution in [3.8, 4) is 11.5 Å². The van der Waals surface area contributed by atoms with Gasteiger partial charge in [-0.2, -0.15) is 0 Å².